The summed E-state index contributed by atoms with van der Waals surface area (Å²) in [5, 5.41) is 45.5. The number of hydrogen-bond donors (Lipinski definition) is 6. The monoisotopic (exact) mass is 702 g/mol. The molecular weight excluding hydrogens is 676 g/mol. The number of carboxylic acid groups (broad SMARTS) is 2. The second-order valence-corrected chi connectivity index (χ2v) is 14.6. The number of phenolic OH excluding ortho intramolecular Hbond substituents is 2. The third kappa shape index (κ3) is 6.70. The zero-order valence-corrected chi connectivity index (χ0v) is 26.9. The number of aromatic hydroxyl groups is 2. The lowest BCUT2D eigenvalue weighted by Crippen LogP contribution is -2.68. The zero-order chi connectivity index (χ0) is 33.4. The van der Waals surface area contributed by atoms with Gasteiger partial charge in [-0.2, -0.15) is 0 Å². The van der Waals surface area contributed by atoms with Gasteiger partial charge < -0.3 is 46.1 Å². The van der Waals surface area contributed by atoms with Crippen molar-refractivity contribution in [3.8, 4) is 11.5 Å². The average Bonchev–Trinajstić information content (AvgIpc) is 3.56. The van der Waals surface area contributed by atoms with E-state index in [0.29, 0.717) is 0 Å². The van der Waals surface area contributed by atoms with Gasteiger partial charge in [0.1, 0.15) is 17.1 Å². The van der Waals surface area contributed by atoms with Crippen LogP contribution in [0.25, 0.3) is 0 Å². The fourth-order valence-electron chi connectivity index (χ4n) is 4.06. The second-order valence-electron chi connectivity index (χ2n) is 10.3. The number of phenols is 2. The van der Waals surface area contributed by atoms with Crippen LogP contribution >= 0.6 is 46.5 Å². The van der Waals surface area contributed by atoms with Crippen molar-refractivity contribution in [1.82, 2.24) is 20.1 Å². The molecule has 0 bridgehead atoms. The number of carboxylic acids is 2. The van der Waals surface area contributed by atoms with Gasteiger partial charge in [-0.15, -0.1) is 34.9 Å². The number of aromatic nitrogens is 1. The quantitative estimate of drug-likeness (QED) is 0.0784. The molecule has 4 rings (SSSR count). The van der Waals surface area contributed by atoms with E-state index in [-0.39, 0.29) is 40.3 Å². The van der Waals surface area contributed by atoms with Crippen molar-refractivity contribution in [1.29, 1.82) is 0 Å². The largest absolute Gasteiger partial charge is 0.504 e. The van der Waals surface area contributed by atoms with Gasteiger partial charge in [-0.05, 0) is 26.0 Å². The lowest BCUT2D eigenvalue weighted by atomic mass is 10.1. The molecule has 1 aromatic heterocycles. The first-order valence-electron chi connectivity index (χ1n) is 12.8. The van der Waals surface area contributed by atoms with E-state index in [4.69, 9.17) is 22.2 Å². The van der Waals surface area contributed by atoms with Crippen LogP contribution in [0.4, 0.5) is 5.13 Å². The SMILES string of the molecule is CN(CCS[C@]1(C(=O)O)CN2C(=O)C(NC(=O)/C(=N\OC(C)(C)C(=O)O)c3csc(N)n3)[C@H]2S1)C(=O)c1ccc(O)c(O)c1Cl. The minimum absolute atomic E-state index is 0.0169. The molecule has 0 radical (unpaired) electrons. The Morgan fingerprint density at radius 2 is 2.00 bits per heavy atom. The molecule has 1 unspecified atom stereocenters. The number of aliphatic carboxylic acids is 2. The van der Waals surface area contributed by atoms with Crippen molar-refractivity contribution in [2.45, 2.75) is 34.9 Å². The number of carbonyl (C=O) groups is 5. The number of fused-ring (bicyclic) bond motifs is 1. The Morgan fingerprint density at radius 1 is 1.31 bits per heavy atom. The number of rotatable bonds is 12. The number of amides is 3. The Balaban J connectivity index is 1.43. The van der Waals surface area contributed by atoms with E-state index in [1.54, 1.807) is 0 Å². The number of oxime groups is 1. The molecule has 45 heavy (non-hydrogen) atoms. The summed E-state index contributed by atoms with van der Waals surface area (Å²) in [5.41, 5.74) is 3.37. The van der Waals surface area contributed by atoms with E-state index in [1.807, 2.05) is 0 Å². The van der Waals surface area contributed by atoms with E-state index < -0.39 is 68.0 Å². The predicted octanol–water partition coefficient (Wildman–Crippen LogP) is 1.06. The number of benzene rings is 1. The second kappa shape index (κ2) is 12.8. The first-order valence-corrected chi connectivity index (χ1v) is 15.9. The minimum Gasteiger partial charge on any atom is -0.504 e. The number of nitrogen functional groups attached to an aromatic ring is 1. The molecule has 2 aromatic rings. The molecule has 3 amide bonds. The van der Waals surface area contributed by atoms with Gasteiger partial charge in [0.2, 0.25) is 11.5 Å². The Bertz CT molecular complexity index is 1600. The number of β-lactam (4-membered cyclic amide) rings is 1. The van der Waals surface area contributed by atoms with Gasteiger partial charge in [-0.1, -0.05) is 16.8 Å². The molecule has 7 N–H and O–H groups in total. The van der Waals surface area contributed by atoms with Crippen molar-refractivity contribution < 1.29 is 49.2 Å². The number of nitrogens with zero attached hydrogens (tertiary/aromatic N) is 4. The molecule has 16 nitrogen and oxygen atoms in total. The van der Waals surface area contributed by atoms with Gasteiger partial charge in [0.25, 0.3) is 11.8 Å². The molecule has 242 valence electrons. The molecule has 2 aliphatic rings. The molecular formula is C25H27ClN6O10S3. The number of thiazole rings is 1. The van der Waals surface area contributed by atoms with Crippen molar-refractivity contribution in [3.05, 3.63) is 33.8 Å². The van der Waals surface area contributed by atoms with Crippen LogP contribution in [0.15, 0.2) is 22.7 Å². The fourth-order valence-corrected chi connectivity index (χ4v) is 8.04. The standard InChI is InChI=1S/C25H27ClN6O10S3/c1-24(2,21(38)39)42-30-14(11-8-43-23(27)28-11)17(35)29-15-19(37)32-9-25(22(40)41,45-20(15)32)44-7-6-31(3)18(36)10-4-5-12(33)16(34)13(10)26/h4-5,8,15,20,33-34H,6-7,9H2,1-3H3,(H2,27,28)(H,29,35)(H,38,39)(H,40,41)/b30-14-/t15?,20-,25-/m1/s1. The maximum Gasteiger partial charge on any atom is 0.350 e. The molecule has 3 atom stereocenters. The average molecular weight is 703 g/mol. The summed E-state index contributed by atoms with van der Waals surface area (Å²) >= 11 is 8.93. The number of hydrogen-bond acceptors (Lipinski definition) is 14. The Kier molecular flexibility index (Phi) is 9.67. The minimum atomic E-state index is -1.80. The van der Waals surface area contributed by atoms with Crippen LogP contribution in [0, 0.1) is 0 Å². The van der Waals surface area contributed by atoms with Crippen LogP contribution < -0.4 is 11.1 Å². The third-order valence-corrected chi connectivity index (χ3v) is 11.0. The number of carbonyl (C=O) groups excluding carboxylic acids is 3. The lowest BCUT2D eigenvalue weighted by molar-refractivity contribution is -0.161. The van der Waals surface area contributed by atoms with E-state index in [1.165, 1.54) is 42.1 Å². The molecule has 0 aliphatic carbocycles. The van der Waals surface area contributed by atoms with Crippen molar-refractivity contribution in [3.63, 3.8) is 0 Å². The highest BCUT2D eigenvalue weighted by atomic mass is 35.5. The first-order chi connectivity index (χ1) is 21.0. The van der Waals surface area contributed by atoms with Crippen molar-refractivity contribution in [2.75, 3.05) is 31.6 Å². The van der Waals surface area contributed by atoms with Crippen LogP contribution in [0.5, 0.6) is 11.5 Å². The normalized spacial score (nSPS) is 21.1. The number of thioether (sulfide) groups is 2. The highest BCUT2D eigenvalue weighted by molar-refractivity contribution is 8.20. The van der Waals surface area contributed by atoms with Gasteiger partial charge in [0, 0.05) is 24.7 Å². The molecule has 3 heterocycles. The molecule has 0 saturated carbocycles. The zero-order valence-electron chi connectivity index (χ0n) is 23.7. The van der Waals surface area contributed by atoms with Gasteiger partial charge in [-0.3, -0.25) is 14.4 Å². The summed E-state index contributed by atoms with van der Waals surface area (Å²) in [6.07, 6.45) is 0. The molecule has 20 heteroatoms. The van der Waals surface area contributed by atoms with E-state index >= 15 is 0 Å². The topological polar surface area (TPSA) is 245 Å². The summed E-state index contributed by atoms with van der Waals surface area (Å²) < 4.78 is -1.52. The maximum absolute atomic E-state index is 13.2. The summed E-state index contributed by atoms with van der Waals surface area (Å²) in [6.45, 7) is 2.33. The number of anilines is 1. The van der Waals surface area contributed by atoms with Crippen LogP contribution in [0.1, 0.15) is 29.9 Å². The third-order valence-electron chi connectivity index (χ3n) is 6.74. The number of nitrogens with one attached hydrogen (secondary N) is 1. The molecule has 2 saturated heterocycles. The van der Waals surface area contributed by atoms with Crippen LogP contribution in [-0.4, -0.2) is 118 Å². The maximum atomic E-state index is 13.2. The van der Waals surface area contributed by atoms with Crippen molar-refractivity contribution in [2.24, 2.45) is 5.16 Å². The van der Waals surface area contributed by atoms with Gasteiger partial charge >= 0.3 is 11.9 Å². The van der Waals surface area contributed by atoms with Gasteiger partial charge in [-0.25, -0.2) is 14.6 Å². The summed E-state index contributed by atoms with van der Waals surface area (Å²) in [6, 6.07) is 1.23. The Hall–Kier alpha value is -3.94. The number of halogens is 1. The fraction of sp³-hybridized carbons (Fsp3) is 0.400. The summed E-state index contributed by atoms with van der Waals surface area (Å²) in [7, 11) is 1.46. The summed E-state index contributed by atoms with van der Waals surface area (Å²) in [4.78, 5) is 74.6. The van der Waals surface area contributed by atoms with E-state index in [2.05, 4.69) is 15.5 Å². The summed E-state index contributed by atoms with van der Waals surface area (Å²) in [5.74, 6) is -5.59. The molecule has 1 aromatic carbocycles. The van der Waals surface area contributed by atoms with Crippen LogP contribution in [-0.2, 0) is 24.0 Å². The lowest BCUT2D eigenvalue weighted by Gasteiger charge is -2.41. The van der Waals surface area contributed by atoms with Crippen LogP contribution in [0.2, 0.25) is 5.02 Å². The predicted molar refractivity (Wildman–Crippen MR) is 165 cm³/mol. The van der Waals surface area contributed by atoms with E-state index in [0.717, 1.165) is 40.9 Å². The highest BCUT2D eigenvalue weighted by Crippen LogP contribution is 2.52. The van der Waals surface area contributed by atoms with Gasteiger partial charge in [0.05, 0.1) is 17.1 Å². The molecule has 2 fully saturated rings. The first kappa shape index (κ1) is 33.9. The van der Waals surface area contributed by atoms with Crippen molar-refractivity contribution >= 4 is 87.0 Å². The smallest absolute Gasteiger partial charge is 0.350 e. The Morgan fingerprint density at radius 3 is 2.60 bits per heavy atom. The Labute approximate surface area is 272 Å². The molecule has 0 spiro atoms. The highest BCUT2D eigenvalue weighted by Gasteiger charge is 2.62. The van der Waals surface area contributed by atoms with Crippen LogP contribution in [0.3, 0.4) is 0 Å². The number of nitrogens with two attached hydrogens (primary N) is 1. The van der Waals surface area contributed by atoms with Gasteiger partial charge in [0.15, 0.2) is 26.4 Å². The molecule has 2 aliphatic heterocycles. The van der Waals surface area contributed by atoms with E-state index in [9.17, 15) is 44.4 Å².